The molecular weight excluding hydrogens is 494 g/mol. The maximum atomic E-state index is 13.2. The molecule has 39 heavy (non-hydrogen) atoms. The quantitative estimate of drug-likeness (QED) is 0.208. The van der Waals surface area contributed by atoms with Crippen molar-refractivity contribution in [3.8, 4) is 11.6 Å². The van der Waals surface area contributed by atoms with Crippen LogP contribution in [-0.4, -0.2) is 35.8 Å². The fourth-order valence-electron chi connectivity index (χ4n) is 4.90. The molecule has 3 aromatic carbocycles. The molecule has 2 heterocycles. The maximum Gasteiger partial charge on any atom is 0.342 e. The number of benzene rings is 3. The second-order valence-corrected chi connectivity index (χ2v) is 9.14. The largest absolute Gasteiger partial charge is 0.507 e. The van der Waals surface area contributed by atoms with Crippen molar-refractivity contribution in [2.24, 2.45) is 5.73 Å². The van der Waals surface area contributed by atoms with Crippen molar-refractivity contribution in [1.29, 1.82) is 0 Å². The maximum absolute atomic E-state index is 13.2. The highest BCUT2D eigenvalue weighted by atomic mass is 16.5. The molecule has 200 valence electrons. The van der Waals surface area contributed by atoms with Crippen LogP contribution in [0, 0.1) is 6.92 Å². The number of hydrogen-bond donors (Lipinski definition) is 3. The number of esters is 1. The summed E-state index contributed by atoms with van der Waals surface area (Å²) >= 11 is 0. The molecule has 1 atom stereocenters. The fraction of sp³-hybridized carbons (Fsp3) is 0.226. The first kappa shape index (κ1) is 26.2. The van der Waals surface area contributed by atoms with E-state index in [1.165, 1.54) is 0 Å². The van der Waals surface area contributed by atoms with Gasteiger partial charge in [0, 0.05) is 47.1 Å². The van der Waals surface area contributed by atoms with Crippen LogP contribution in [0.5, 0.6) is 11.6 Å². The number of rotatable bonds is 10. The summed E-state index contributed by atoms with van der Waals surface area (Å²) in [6, 6.07) is 20.4. The van der Waals surface area contributed by atoms with E-state index >= 15 is 0 Å². The number of furan rings is 1. The number of nitrogens with one attached hydrogen (secondary N) is 1. The lowest BCUT2D eigenvalue weighted by Gasteiger charge is -2.23. The van der Waals surface area contributed by atoms with Gasteiger partial charge in [-0.05, 0) is 31.0 Å². The summed E-state index contributed by atoms with van der Waals surface area (Å²) in [6.07, 6.45) is 1.66. The Hall–Kier alpha value is -4.40. The minimum atomic E-state index is -0.562. The SMILES string of the molecule is CCOC(=O)c1c(C)oc2c1c(C(NCCN)c1ccnc(OCc3ccccc3)c1)c(O)c1ccccc12. The van der Waals surface area contributed by atoms with Crippen LogP contribution in [-0.2, 0) is 11.3 Å². The van der Waals surface area contributed by atoms with E-state index in [-0.39, 0.29) is 17.9 Å². The lowest BCUT2D eigenvalue weighted by molar-refractivity contribution is 0.0526. The Labute approximate surface area is 226 Å². The summed E-state index contributed by atoms with van der Waals surface area (Å²) in [5.41, 5.74) is 8.97. The van der Waals surface area contributed by atoms with Gasteiger partial charge in [0.25, 0.3) is 0 Å². The van der Waals surface area contributed by atoms with Gasteiger partial charge in [-0.3, -0.25) is 0 Å². The molecular formula is C31H31N3O5. The second-order valence-electron chi connectivity index (χ2n) is 9.14. The number of nitrogens with zero attached hydrogens (tertiary/aromatic N) is 1. The first-order chi connectivity index (χ1) is 19.0. The van der Waals surface area contributed by atoms with E-state index in [0.717, 1.165) is 11.1 Å². The number of carbonyl (C=O) groups is 1. The Morgan fingerprint density at radius 2 is 1.85 bits per heavy atom. The number of phenols is 1. The van der Waals surface area contributed by atoms with Crippen LogP contribution >= 0.6 is 0 Å². The third kappa shape index (κ3) is 5.16. The summed E-state index contributed by atoms with van der Waals surface area (Å²) in [6.45, 7) is 4.87. The van der Waals surface area contributed by atoms with Crippen molar-refractivity contribution >= 4 is 27.7 Å². The monoisotopic (exact) mass is 525 g/mol. The van der Waals surface area contributed by atoms with E-state index in [2.05, 4.69) is 10.3 Å². The molecule has 2 aromatic heterocycles. The molecule has 0 spiro atoms. The van der Waals surface area contributed by atoms with Gasteiger partial charge in [0.15, 0.2) is 0 Å². The number of ether oxygens (including phenoxy) is 2. The van der Waals surface area contributed by atoms with Crippen LogP contribution in [0.3, 0.4) is 0 Å². The van der Waals surface area contributed by atoms with Crippen molar-refractivity contribution in [1.82, 2.24) is 10.3 Å². The van der Waals surface area contributed by atoms with Gasteiger partial charge in [0.1, 0.15) is 29.3 Å². The van der Waals surface area contributed by atoms with Crippen molar-refractivity contribution in [2.75, 3.05) is 19.7 Å². The molecule has 1 unspecified atom stereocenters. The Morgan fingerprint density at radius 1 is 1.10 bits per heavy atom. The van der Waals surface area contributed by atoms with Gasteiger partial charge < -0.3 is 30.0 Å². The van der Waals surface area contributed by atoms with Crippen molar-refractivity contribution in [2.45, 2.75) is 26.5 Å². The van der Waals surface area contributed by atoms with E-state index in [9.17, 15) is 9.90 Å². The molecule has 0 saturated heterocycles. The van der Waals surface area contributed by atoms with Gasteiger partial charge in [-0.15, -0.1) is 0 Å². The highest BCUT2D eigenvalue weighted by molar-refractivity contribution is 6.16. The minimum Gasteiger partial charge on any atom is -0.507 e. The topological polar surface area (TPSA) is 120 Å². The number of fused-ring (bicyclic) bond motifs is 3. The smallest absolute Gasteiger partial charge is 0.342 e. The van der Waals surface area contributed by atoms with Crippen molar-refractivity contribution < 1.29 is 23.8 Å². The lowest BCUT2D eigenvalue weighted by Crippen LogP contribution is -2.28. The zero-order valence-electron chi connectivity index (χ0n) is 21.9. The molecule has 0 radical (unpaired) electrons. The molecule has 5 aromatic rings. The van der Waals surface area contributed by atoms with Crippen LogP contribution in [0.2, 0.25) is 0 Å². The summed E-state index contributed by atoms with van der Waals surface area (Å²) in [5, 5.41) is 17.0. The lowest BCUT2D eigenvalue weighted by atomic mass is 9.90. The first-order valence-corrected chi connectivity index (χ1v) is 12.9. The number of phenolic OH excluding ortho intramolecular Hbond substituents is 1. The molecule has 8 nitrogen and oxygen atoms in total. The van der Waals surface area contributed by atoms with Crippen molar-refractivity contribution in [3.63, 3.8) is 0 Å². The average Bonchev–Trinajstić information content (AvgIpc) is 3.31. The molecule has 0 bridgehead atoms. The van der Waals surface area contributed by atoms with Crippen LogP contribution < -0.4 is 15.8 Å². The van der Waals surface area contributed by atoms with Crippen LogP contribution in [0.1, 0.15) is 45.8 Å². The molecule has 5 rings (SSSR count). The van der Waals surface area contributed by atoms with E-state index in [1.54, 1.807) is 20.0 Å². The number of aromatic hydroxyl groups is 1. The third-order valence-corrected chi connectivity index (χ3v) is 6.62. The standard InChI is InChI=1S/C31H31N3O5/c1-3-37-31(36)25-19(2)39-30-23-12-8-7-11-22(23)29(35)27(26(25)30)28(34-16-14-32)21-13-15-33-24(17-21)38-18-20-9-5-4-6-10-20/h4-13,15,17,28,34-35H,3,14,16,18,32H2,1-2H3. The predicted octanol–water partition coefficient (Wildman–Crippen LogP) is 5.39. The Morgan fingerprint density at radius 3 is 2.59 bits per heavy atom. The summed E-state index contributed by atoms with van der Waals surface area (Å²) in [5.74, 6) is 0.382. The highest BCUT2D eigenvalue weighted by Crippen LogP contribution is 2.45. The molecule has 4 N–H and O–H groups in total. The molecule has 0 aliphatic carbocycles. The number of carbonyl (C=O) groups excluding carboxylic acids is 1. The van der Waals surface area contributed by atoms with Crippen molar-refractivity contribution in [3.05, 3.63) is 101 Å². The van der Waals surface area contributed by atoms with E-state index in [0.29, 0.717) is 58.6 Å². The van der Waals surface area contributed by atoms with E-state index < -0.39 is 12.0 Å². The molecule has 0 aliphatic rings. The number of pyridine rings is 1. The van der Waals surface area contributed by atoms with E-state index in [4.69, 9.17) is 19.6 Å². The van der Waals surface area contributed by atoms with Gasteiger partial charge >= 0.3 is 5.97 Å². The Bertz CT molecular complexity index is 1610. The molecule has 0 amide bonds. The second kappa shape index (κ2) is 11.6. The Kier molecular flexibility index (Phi) is 7.76. The zero-order chi connectivity index (χ0) is 27.4. The van der Waals surface area contributed by atoms with Crippen LogP contribution in [0.4, 0.5) is 0 Å². The number of aryl methyl sites for hydroxylation is 1. The third-order valence-electron chi connectivity index (χ3n) is 6.62. The molecule has 8 heteroatoms. The van der Waals surface area contributed by atoms with Gasteiger partial charge in [-0.1, -0.05) is 54.6 Å². The van der Waals surface area contributed by atoms with Gasteiger partial charge in [-0.25, -0.2) is 9.78 Å². The predicted molar refractivity (Wildman–Crippen MR) is 150 cm³/mol. The van der Waals surface area contributed by atoms with Crippen LogP contribution in [0.25, 0.3) is 21.7 Å². The minimum absolute atomic E-state index is 0.0440. The van der Waals surface area contributed by atoms with Gasteiger partial charge in [0.2, 0.25) is 5.88 Å². The van der Waals surface area contributed by atoms with E-state index in [1.807, 2.05) is 66.7 Å². The molecule has 0 saturated carbocycles. The number of hydrogen-bond acceptors (Lipinski definition) is 8. The Balaban J connectivity index is 1.70. The zero-order valence-corrected chi connectivity index (χ0v) is 21.9. The first-order valence-electron chi connectivity index (χ1n) is 12.9. The normalized spacial score (nSPS) is 12.1. The average molecular weight is 526 g/mol. The number of aromatic nitrogens is 1. The highest BCUT2D eigenvalue weighted by Gasteiger charge is 2.31. The molecule has 0 fully saturated rings. The summed E-state index contributed by atoms with van der Waals surface area (Å²) < 4.78 is 17.6. The summed E-state index contributed by atoms with van der Waals surface area (Å²) in [4.78, 5) is 17.5. The van der Waals surface area contributed by atoms with Gasteiger partial charge in [-0.2, -0.15) is 0 Å². The van der Waals surface area contributed by atoms with Crippen LogP contribution in [0.15, 0.2) is 77.3 Å². The fourth-order valence-corrected chi connectivity index (χ4v) is 4.90. The van der Waals surface area contributed by atoms with Gasteiger partial charge in [0.05, 0.1) is 12.6 Å². The molecule has 0 aliphatic heterocycles. The number of nitrogens with two attached hydrogens (primary N) is 1. The summed E-state index contributed by atoms with van der Waals surface area (Å²) in [7, 11) is 0.